The lowest BCUT2D eigenvalue weighted by Gasteiger charge is -2.37. The van der Waals surface area contributed by atoms with Gasteiger partial charge in [0.15, 0.2) is 5.82 Å². The maximum absolute atomic E-state index is 13.5. The Bertz CT molecular complexity index is 1400. The molecule has 1 saturated carbocycles. The molecule has 8 nitrogen and oxygen atoms in total. The van der Waals surface area contributed by atoms with Crippen molar-refractivity contribution in [3.05, 3.63) is 81.9 Å². The third-order valence-corrected chi connectivity index (χ3v) is 8.19. The molecule has 2 fully saturated rings. The maximum atomic E-state index is 13.5. The van der Waals surface area contributed by atoms with Gasteiger partial charge in [0, 0.05) is 11.6 Å². The Morgan fingerprint density at radius 1 is 1.03 bits per heavy atom. The second-order valence-electron chi connectivity index (χ2n) is 10.5. The molecular weight excluding hydrogens is 464 g/mol. The van der Waals surface area contributed by atoms with Gasteiger partial charge in [0.05, 0.1) is 18.7 Å². The van der Waals surface area contributed by atoms with Crippen molar-refractivity contribution < 1.29 is 4.74 Å². The van der Waals surface area contributed by atoms with Gasteiger partial charge in [-0.1, -0.05) is 43.2 Å². The number of H-pyrrole nitrogens is 1. The Kier molecular flexibility index (Phi) is 6.74. The number of piperidine rings is 1. The number of fused-ring (bicyclic) bond motifs is 1. The summed E-state index contributed by atoms with van der Waals surface area (Å²) in [5, 5.41) is 14.0. The number of hydrogen-bond acceptors (Lipinski definition) is 6. The van der Waals surface area contributed by atoms with Crippen molar-refractivity contribution in [2.75, 3.05) is 20.2 Å². The Morgan fingerprint density at radius 2 is 1.81 bits per heavy atom. The number of nitrogens with zero attached hydrogens (tertiary/aromatic N) is 5. The van der Waals surface area contributed by atoms with Gasteiger partial charge in [0.1, 0.15) is 11.8 Å². The van der Waals surface area contributed by atoms with E-state index in [1.807, 2.05) is 28.9 Å². The lowest BCUT2D eigenvalue weighted by Crippen LogP contribution is -2.41. The van der Waals surface area contributed by atoms with E-state index < -0.39 is 0 Å². The first-order valence-corrected chi connectivity index (χ1v) is 13.5. The van der Waals surface area contributed by atoms with Gasteiger partial charge in [-0.2, -0.15) is 0 Å². The molecule has 192 valence electrons. The van der Waals surface area contributed by atoms with Gasteiger partial charge < -0.3 is 9.72 Å². The SMILES string of the molecule is COc1ccc2cc(C(c3nnnn3C3CCCC3)N3CCC(Cc4ccccc4)CC3)c(=O)[nH]c2c1. The zero-order chi connectivity index (χ0) is 25.2. The normalized spacial score (nSPS) is 18.4. The summed E-state index contributed by atoms with van der Waals surface area (Å²) in [5.74, 6) is 2.14. The number of benzene rings is 2. The number of pyridine rings is 1. The number of nitrogens with one attached hydrogen (secondary N) is 1. The summed E-state index contributed by atoms with van der Waals surface area (Å²) >= 11 is 0. The first-order valence-electron chi connectivity index (χ1n) is 13.5. The Morgan fingerprint density at radius 3 is 2.57 bits per heavy atom. The molecule has 1 saturated heterocycles. The summed E-state index contributed by atoms with van der Waals surface area (Å²) in [6.07, 6.45) is 7.81. The van der Waals surface area contributed by atoms with Crippen molar-refractivity contribution in [3.8, 4) is 5.75 Å². The number of tetrazole rings is 1. The van der Waals surface area contributed by atoms with Crippen molar-refractivity contribution in [2.24, 2.45) is 5.92 Å². The van der Waals surface area contributed by atoms with E-state index in [2.05, 4.69) is 55.7 Å². The average Bonchev–Trinajstić information content (AvgIpc) is 3.63. The number of rotatable bonds is 7. The van der Waals surface area contributed by atoms with Crippen molar-refractivity contribution in [1.82, 2.24) is 30.1 Å². The fourth-order valence-electron chi connectivity index (χ4n) is 6.18. The van der Waals surface area contributed by atoms with Crippen LogP contribution in [-0.4, -0.2) is 50.3 Å². The summed E-state index contributed by atoms with van der Waals surface area (Å²) in [6.45, 7) is 1.81. The molecule has 0 bridgehead atoms. The van der Waals surface area contributed by atoms with Gasteiger partial charge in [0.25, 0.3) is 5.56 Å². The van der Waals surface area contributed by atoms with Crippen LogP contribution in [0.1, 0.15) is 67.6 Å². The summed E-state index contributed by atoms with van der Waals surface area (Å²) in [4.78, 5) is 19.1. The number of methoxy groups -OCH3 is 1. The summed E-state index contributed by atoms with van der Waals surface area (Å²) in [5.41, 5.74) is 2.76. The van der Waals surface area contributed by atoms with Crippen LogP contribution in [0.4, 0.5) is 0 Å². The standard InChI is InChI=1S/C29H34N6O2/c1-37-24-12-11-22-18-25(29(36)30-26(22)19-24)27(28-31-32-33-35(28)23-9-5-6-10-23)34-15-13-21(14-16-34)17-20-7-3-2-4-8-20/h2-4,7-8,11-12,18-19,21,23,27H,5-6,9-10,13-17H2,1H3,(H,30,36). The molecule has 3 heterocycles. The molecular formula is C29H34N6O2. The van der Waals surface area contributed by atoms with Crippen molar-refractivity contribution in [1.29, 1.82) is 0 Å². The highest BCUT2D eigenvalue weighted by Gasteiger charge is 2.35. The third kappa shape index (κ3) is 4.90. The van der Waals surface area contributed by atoms with Gasteiger partial charge in [-0.25, -0.2) is 4.68 Å². The van der Waals surface area contributed by atoms with E-state index in [1.54, 1.807) is 7.11 Å². The number of hydrogen-bond donors (Lipinski definition) is 1. The van der Waals surface area contributed by atoms with Crippen LogP contribution in [0, 0.1) is 5.92 Å². The van der Waals surface area contributed by atoms with Gasteiger partial charge in [-0.3, -0.25) is 9.69 Å². The van der Waals surface area contributed by atoms with Crippen LogP contribution >= 0.6 is 0 Å². The minimum atomic E-state index is -0.288. The summed E-state index contributed by atoms with van der Waals surface area (Å²) in [6, 6.07) is 18.6. The average molecular weight is 499 g/mol. The van der Waals surface area contributed by atoms with E-state index in [-0.39, 0.29) is 11.6 Å². The fourth-order valence-corrected chi connectivity index (χ4v) is 6.18. The molecule has 0 spiro atoms. The number of aromatic nitrogens is 5. The van der Waals surface area contributed by atoms with Crippen LogP contribution in [0.2, 0.25) is 0 Å². The van der Waals surface area contributed by atoms with Crippen molar-refractivity contribution in [2.45, 2.75) is 57.0 Å². The van der Waals surface area contributed by atoms with E-state index in [0.717, 1.165) is 67.7 Å². The highest BCUT2D eigenvalue weighted by atomic mass is 16.5. The largest absolute Gasteiger partial charge is 0.497 e. The molecule has 0 radical (unpaired) electrons. The van der Waals surface area contributed by atoms with Crippen LogP contribution in [0.5, 0.6) is 5.75 Å². The number of aromatic amines is 1. The molecule has 2 aromatic carbocycles. The van der Waals surface area contributed by atoms with Crippen LogP contribution in [-0.2, 0) is 6.42 Å². The van der Waals surface area contributed by atoms with Crippen LogP contribution < -0.4 is 10.3 Å². The molecule has 6 rings (SSSR count). The highest BCUT2D eigenvalue weighted by Crippen LogP contribution is 2.36. The molecule has 1 aliphatic heterocycles. The fraction of sp³-hybridized carbons (Fsp3) is 0.448. The smallest absolute Gasteiger partial charge is 0.253 e. The molecule has 8 heteroatoms. The zero-order valence-electron chi connectivity index (χ0n) is 21.3. The molecule has 0 amide bonds. The molecule has 1 aliphatic carbocycles. The first kappa shape index (κ1) is 23.9. The van der Waals surface area contributed by atoms with Gasteiger partial charge in [-0.05, 0) is 90.7 Å². The predicted molar refractivity (Wildman–Crippen MR) is 143 cm³/mol. The zero-order valence-corrected chi connectivity index (χ0v) is 21.3. The molecule has 1 atom stereocenters. The van der Waals surface area contributed by atoms with Gasteiger partial charge in [-0.15, -0.1) is 5.10 Å². The third-order valence-electron chi connectivity index (χ3n) is 8.19. The molecule has 4 aromatic rings. The van der Waals surface area contributed by atoms with Crippen LogP contribution in [0.25, 0.3) is 10.9 Å². The van der Waals surface area contributed by atoms with E-state index in [1.165, 1.54) is 18.4 Å². The van der Waals surface area contributed by atoms with E-state index in [4.69, 9.17) is 4.74 Å². The second-order valence-corrected chi connectivity index (χ2v) is 10.5. The Labute approximate surface area is 216 Å². The van der Waals surface area contributed by atoms with E-state index in [0.29, 0.717) is 17.5 Å². The lowest BCUT2D eigenvalue weighted by atomic mass is 9.89. The number of likely N-dealkylation sites (tertiary alicyclic amines) is 1. The monoisotopic (exact) mass is 498 g/mol. The molecule has 1 unspecified atom stereocenters. The molecule has 2 aromatic heterocycles. The summed E-state index contributed by atoms with van der Waals surface area (Å²) in [7, 11) is 1.63. The highest BCUT2D eigenvalue weighted by molar-refractivity contribution is 5.80. The summed E-state index contributed by atoms with van der Waals surface area (Å²) < 4.78 is 7.36. The second kappa shape index (κ2) is 10.5. The van der Waals surface area contributed by atoms with E-state index in [9.17, 15) is 4.79 Å². The Hall–Kier alpha value is -3.52. The number of ether oxygens (including phenoxy) is 1. The topological polar surface area (TPSA) is 88.9 Å². The molecule has 37 heavy (non-hydrogen) atoms. The lowest BCUT2D eigenvalue weighted by molar-refractivity contribution is 0.141. The van der Waals surface area contributed by atoms with Crippen molar-refractivity contribution >= 4 is 10.9 Å². The van der Waals surface area contributed by atoms with Gasteiger partial charge in [0.2, 0.25) is 0 Å². The first-order chi connectivity index (χ1) is 18.2. The molecule has 2 aliphatic rings. The Balaban J connectivity index is 1.34. The quantitative estimate of drug-likeness (QED) is 0.398. The van der Waals surface area contributed by atoms with Crippen LogP contribution in [0.15, 0.2) is 59.4 Å². The van der Waals surface area contributed by atoms with Crippen molar-refractivity contribution in [3.63, 3.8) is 0 Å². The maximum Gasteiger partial charge on any atom is 0.253 e. The van der Waals surface area contributed by atoms with Gasteiger partial charge >= 0.3 is 0 Å². The minimum Gasteiger partial charge on any atom is -0.497 e. The predicted octanol–water partition coefficient (Wildman–Crippen LogP) is 4.68. The van der Waals surface area contributed by atoms with E-state index >= 15 is 0 Å². The molecule has 1 N–H and O–H groups in total. The van der Waals surface area contributed by atoms with Crippen LogP contribution in [0.3, 0.4) is 0 Å². The minimum absolute atomic E-state index is 0.0989.